The van der Waals surface area contributed by atoms with Gasteiger partial charge in [0.2, 0.25) is 5.78 Å². The lowest BCUT2D eigenvalue weighted by molar-refractivity contribution is -0.117. The maximum atomic E-state index is 12.9. The van der Waals surface area contributed by atoms with Crippen LogP contribution in [0.25, 0.3) is 0 Å². The van der Waals surface area contributed by atoms with Crippen molar-refractivity contribution < 1.29 is 40.2 Å². The van der Waals surface area contributed by atoms with Crippen LogP contribution in [0.5, 0.6) is 17.2 Å². The molecule has 0 radical (unpaired) electrons. The van der Waals surface area contributed by atoms with E-state index in [-0.39, 0.29) is 35.1 Å². The van der Waals surface area contributed by atoms with Crippen molar-refractivity contribution in [3.63, 3.8) is 0 Å². The Bertz CT molecular complexity index is 1060. The van der Waals surface area contributed by atoms with Gasteiger partial charge in [0.15, 0.2) is 5.78 Å². The predicted octanol–water partition coefficient (Wildman–Crippen LogP) is 1.19. The number of rotatable bonds is 1. The number of carbonyl (C=O) groups excluding carboxylic acids is 2. The van der Waals surface area contributed by atoms with Gasteiger partial charge < -0.3 is 30.6 Å². The van der Waals surface area contributed by atoms with Gasteiger partial charge >= 0.3 is 0 Å². The first-order chi connectivity index (χ1) is 13.1. The molecule has 2 aliphatic rings. The van der Waals surface area contributed by atoms with E-state index in [0.29, 0.717) is 0 Å². The molecule has 6 N–H and O–H groups in total. The van der Waals surface area contributed by atoms with Gasteiger partial charge in [-0.1, -0.05) is 19.1 Å². The molecular formula is C20H18O8. The first-order valence-corrected chi connectivity index (χ1v) is 8.75. The fourth-order valence-electron chi connectivity index (χ4n) is 4.20. The molecule has 0 spiro atoms. The normalized spacial score (nSPS) is 25.9. The van der Waals surface area contributed by atoms with Crippen LogP contribution < -0.4 is 0 Å². The first-order valence-electron chi connectivity index (χ1n) is 8.75. The lowest BCUT2D eigenvalue weighted by Gasteiger charge is -2.41. The Kier molecular flexibility index (Phi) is 3.80. The topological polar surface area (TPSA) is 156 Å². The highest BCUT2D eigenvalue weighted by Crippen LogP contribution is 2.54. The summed E-state index contributed by atoms with van der Waals surface area (Å²) in [7, 11) is 0. The first kappa shape index (κ1) is 18.4. The molecule has 28 heavy (non-hydrogen) atoms. The van der Waals surface area contributed by atoms with E-state index in [4.69, 9.17) is 0 Å². The Morgan fingerprint density at radius 1 is 0.964 bits per heavy atom. The minimum Gasteiger partial charge on any atom is -0.507 e. The van der Waals surface area contributed by atoms with Crippen LogP contribution >= 0.6 is 0 Å². The van der Waals surface area contributed by atoms with Gasteiger partial charge in [0.1, 0.15) is 23.4 Å². The molecule has 0 amide bonds. The molecule has 0 aromatic heterocycles. The summed E-state index contributed by atoms with van der Waals surface area (Å²) in [5.41, 5.74) is -4.06. The minimum absolute atomic E-state index is 0.0333. The number of carbonyl (C=O) groups is 2. The van der Waals surface area contributed by atoms with Crippen LogP contribution in [0.15, 0.2) is 18.2 Å². The van der Waals surface area contributed by atoms with E-state index >= 15 is 0 Å². The minimum atomic E-state index is -1.79. The molecule has 0 fully saturated rings. The highest BCUT2D eigenvalue weighted by Gasteiger charge is 2.49. The number of ketones is 2. The third-order valence-corrected chi connectivity index (χ3v) is 5.77. The Morgan fingerprint density at radius 2 is 1.57 bits per heavy atom. The average Bonchev–Trinajstić information content (AvgIpc) is 2.65. The summed E-state index contributed by atoms with van der Waals surface area (Å²) in [4.78, 5) is 25.9. The van der Waals surface area contributed by atoms with Gasteiger partial charge in [0.25, 0.3) is 0 Å². The third-order valence-electron chi connectivity index (χ3n) is 5.77. The summed E-state index contributed by atoms with van der Waals surface area (Å²) in [6.07, 6.45) is -3.49. The van der Waals surface area contributed by atoms with Crippen molar-refractivity contribution in [2.45, 2.75) is 37.6 Å². The largest absolute Gasteiger partial charge is 0.507 e. The van der Waals surface area contributed by atoms with Gasteiger partial charge in [-0.2, -0.15) is 0 Å². The van der Waals surface area contributed by atoms with Gasteiger partial charge in [0, 0.05) is 23.1 Å². The number of hydrogen-bond acceptors (Lipinski definition) is 8. The predicted molar refractivity (Wildman–Crippen MR) is 94.5 cm³/mol. The van der Waals surface area contributed by atoms with Crippen LogP contribution in [-0.4, -0.2) is 47.8 Å². The fourth-order valence-corrected chi connectivity index (χ4v) is 4.20. The monoisotopic (exact) mass is 386 g/mol. The Balaban J connectivity index is 2.09. The molecule has 1 unspecified atom stereocenters. The van der Waals surface area contributed by atoms with Crippen molar-refractivity contribution in [1.29, 1.82) is 0 Å². The van der Waals surface area contributed by atoms with E-state index < -0.39 is 57.8 Å². The number of aliphatic hydroxyl groups excluding tert-OH is 2. The van der Waals surface area contributed by atoms with Gasteiger partial charge in [-0.15, -0.1) is 0 Å². The van der Waals surface area contributed by atoms with E-state index in [2.05, 4.69) is 0 Å². The number of phenolic OH excluding ortho intramolecular Hbond substituents is 3. The molecule has 8 nitrogen and oxygen atoms in total. The Labute approximate surface area is 158 Å². The molecule has 0 saturated carbocycles. The summed E-state index contributed by atoms with van der Waals surface area (Å²) in [6.45, 7) is 1.57. The number of hydrogen-bond donors (Lipinski definition) is 6. The second-order valence-electron chi connectivity index (χ2n) is 7.21. The van der Waals surface area contributed by atoms with Crippen molar-refractivity contribution in [3.05, 3.63) is 51.6 Å². The van der Waals surface area contributed by atoms with Crippen LogP contribution in [0.4, 0.5) is 0 Å². The van der Waals surface area contributed by atoms with Crippen LogP contribution in [-0.2, 0) is 0 Å². The molecule has 0 aliphatic heterocycles. The lowest BCUT2D eigenvalue weighted by atomic mass is 9.71. The average molecular weight is 386 g/mol. The summed E-state index contributed by atoms with van der Waals surface area (Å²) in [6, 6.07) is 3.86. The van der Waals surface area contributed by atoms with Gasteiger partial charge in [0.05, 0.1) is 28.4 Å². The van der Waals surface area contributed by atoms with Crippen molar-refractivity contribution in [2.24, 2.45) is 0 Å². The summed E-state index contributed by atoms with van der Waals surface area (Å²) in [5.74, 6) is -3.73. The van der Waals surface area contributed by atoms with E-state index in [9.17, 15) is 40.2 Å². The SMILES string of the molecule is CC[C@@]1(O)C[C@H](O)c2c(O)c3c(c(O)c2C1O)C(=O)c1cccc(O)c1C3=O. The standard InChI is InChI=1S/C20H18O8/c1-2-20(28)6-9(22)11-14(19(20)27)18(26)12-13(17(11)25)16(24)10-7(15(12)23)4-3-5-8(10)21/h3-5,9,19,21-22,25-28H,2,6H2,1H3/t9-,19?,20+/m0/s1. The van der Waals surface area contributed by atoms with Gasteiger partial charge in [-0.25, -0.2) is 0 Å². The van der Waals surface area contributed by atoms with Gasteiger partial charge in [-0.05, 0) is 12.5 Å². The molecule has 0 bridgehead atoms. The van der Waals surface area contributed by atoms with E-state index in [0.717, 1.165) is 0 Å². The second-order valence-corrected chi connectivity index (χ2v) is 7.21. The zero-order valence-corrected chi connectivity index (χ0v) is 14.8. The van der Waals surface area contributed by atoms with Crippen molar-refractivity contribution in [2.75, 3.05) is 0 Å². The quantitative estimate of drug-likeness (QED) is 0.341. The zero-order valence-electron chi connectivity index (χ0n) is 14.8. The molecule has 2 aromatic rings. The van der Waals surface area contributed by atoms with Crippen LogP contribution in [0, 0.1) is 0 Å². The Morgan fingerprint density at radius 3 is 2.21 bits per heavy atom. The van der Waals surface area contributed by atoms with Crippen LogP contribution in [0.2, 0.25) is 0 Å². The van der Waals surface area contributed by atoms with Crippen molar-refractivity contribution in [1.82, 2.24) is 0 Å². The molecule has 2 aliphatic carbocycles. The molecule has 4 rings (SSSR count). The number of phenols is 3. The number of fused-ring (bicyclic) bond motifs is 3. The highest BCUT2D eigenvalue weighted by atomic mass is 16.3. The lowest BCUT2D eigenvalue weighted by Crippen LogP contribution is -2.42. The zero-order chi connectivity index (χ0) is 20.5. The highest BCUT2D eigenvalue weighted by molar-refractivity contribution is 6.31. The van der Waals surface area contributed by atoms with E-state index in [1.807, 2.05) is 0 Å². The second kappa shape index (κ2) is 5.78. The van der Waals surface area contributed by atoms with Crippen LogP contribution in [0.3, 0.4) is 0 Å². The Hall–Kier alpha value is -2.94. The van der Waals surface area contributed by atoms with Crippen molar-refractivity contribution in [3.8, 4) is 17.2 Å². The molecule has 8 heteroatoms. The molecule has 0 saturated heterocycles. The third kappa shape index (κ3) is 2.10. The molecule has 2 aromatic carbocycles. The number of benzene rings is 2. The maximum absolute atomic E-state index is 12.9. The summed E-state index contributed by atoms with van der Waals surface area (Å²) >= 11 is 0. The molecular weight excluding hydrogens is 368 g/mol. The smallest absolute Gasteiger partial charge is 0.202 e. The van der Waals surface area contributed by atoms with E-state index in [1.54, 1.807) is 6.92 Å². The van der Waals surface area contributed by atoms with E-state index in [1.165, 1.54) is 18.2 Å². The summed E-state index contributed by atoms with van der Waals surface area (Å²) in [5, 5.41) is 63.2. The molecule has 3 atom stereocenters. The maximum Gasteiger partial charge on any atom is 0.202 e. The molecule has 0 heterocycles. The van der Waals surface area contributed by atoms with Crippen LogP contribution in [0.1, 0.15) is 74.9 Å². The number of aromatic hydroxyl groups is 3. The van der Waals surface area contributed by atoms with Crippen molar-refractivity contribution >= 4 is 11.6 Å². The fraction of sp³-hybridized carbons (Fsp3) is 0.300. The molecule has 146 valence electrons. The van der Waals surface area contributed by atoms with Gasteiger partial charge in [-0.3, -0.25) is 9.59 Å². The summed E-state index contributed by atoms with van der Waals surface area (Å²) < 4.78 is 0. The number of aliphatic hydroxyl groups is 3.